The highest BCUT2D eigenvalue weighted by molar-refractivity contribution is 7.11. The van der Waals surface area contributed by atoms with Crippen molar-refractivity contribution in [2.24, 2.45) is 22.7 Å². The molecule has 232 valence electrons. The van der Waals surface area contributed by atoms with Crippen molar-refractivity contribution in [3.8, 4) is 11.1 Å². The molecule has 3 aliphatic rings. The summed E-state index contributed by atoms with van der Waals surface area (Å²) in [4.78, 5) is 46.8. The number of carboxylic acid groups (broad SMARTS) is 1. The third kappa shape index (κ3) is 5.61. The van der Waals surface area contributed by atoms with Gasteiger partial charge in [-0.1, -0.05) is 44.2 Å². The molecule has 2 atom stereocenters. The van der Waals surface area contributed by atoms with Crippen LogP contribution in [0.25, 0.3) is 11.1 Å². The fraction of sp³-hybridized carbons (Fsp3) is 0.438. The van der Waals surface area contributed by atoms with Gasteiger partial charge in [0.25, 0.3) is 5.91 Å². The van der Waals surface area contributed by atoms with Crippen molar-refractivity contribution in [1.82, 2.24) is 14.8 Å². The van der Waals surface area contributed by atoms with E-state index in [0.29, 0.717) is 47.7 Å². The lowest BCUT2D eigenvalue weighted by Gasteiger charge is -2.51. The molecule has 2 amide bonds. The van der Waals surface area contributed by atoms with Gasteiger partial charge in [0.2, 0.25) is 5.91 Å². The standard InChI is InChI=1S/C32H32F3N3O5S/c1-30(2)10-24(30)27(39)38-16-31(17-38)15-37(28(40)25-11-36-18-44-25)12-22(31)14-43-13-20-4-3-5-23(26(20)29(41)42)19-6-8-21(9-7-19)32(33,34)35/h3-9,11,18,22,24H,10,12-17H2,1-2H3,(H,41,42)/t22?,24-/m1/s1. The summed E-state index contributed by atoms with van der Waals surface area (Å²) in [6.07, 6.45) is -2.08. The number of amides is 2. The second-order valence-corrected chi connectivity index (χ2v) is 13.7. The number of carboxylic acids is 1. The Kier molecular flexibility index (Phi) is 7.56. The smallest absolute Gasteiger partial charge is 0.416 e. The third-order valence-electron chi connectivity index (χ3n) is 9.34. The van der Waals surface area contributed by atoms with E-state index in [-0.39, 0.29) is 53.3 Å². The summed E-state index contributed by atoms with van der Waals surface area (Å²) in [5, 5.41) is 10.1. The minimum atomic E-state index is -4.50. The summed E-state index contributed by atoms with van der Waals surface area (Å²) >= 11 is 1.27. The Bertz CT molecular complexity index is 1580. The molecular weight excluding hydrogens is 595 g/mol. The number of aromatic nitrogens is 1. The zero-order valence-corrected chi connectivity index (χ0v) is 25.1. The molecule has 2 aromatic carbocycles. The summed E-state index contributed by atoms with van der Waals surface area (Å²) in [5.41, 5.74) is 1.48. The number of thiazole rings is 1. The molecular formula is C32H32F3N3O5S. The molecule has 12 heteroatoms. The van der Waals surface area contributed by atoms with Gasteiger partial charge >= 0.3 is 12.1 Å². The Balaban J connectivity index is 1.18. The molecule has 8 nitrogen and oxygen atoms in total. The molecule has 1 N–H and O–H groups in total. The molecule has 1 spiro atoms. The van der Waals surface area contributed by atoms with Crippen molar-refractivity contribution in [2.75, 3.05) is 32.8 Å². The quantitative estimate of drug-likeness (QED) is 0.345. The summed E-state index contributed by atoms with van der Waals surface area (Å²) in [6, 6.07) is 9.23. The van der Waals surface area contributed by atoms with Crippen LogP contribution in [0.1, 0.15) is 51.4 Å². The van der Waals surface area contributed by atoms with E-state index in [1.165, 1.54) is 23.5 Å². The topological polar surface area (TPSA) is 100 Å². The van der Waals surface area contributed by atoms with Crippen LogP contribution in [-0.2, 0) is 22.3 Å². The first-order valence-corrected chi connectivity index (χ1v) is 15.2. The lowest BCUT2D eigenvalue weighted by molar-refractivity contribution is -0.148. The number of carbonyl (C=O) groups is 3. The van der Waals surface area contributed by atoms with Gasteiger partial charge in [-0.3, -0.25) is 14.6 Å². The van der Waals surface area contributed by atoms with E-state index in [0.717, 1.165) is 18.6 Å². The van der Waals surface area contributed by atoms with E-state index in [1.54, 1.807) is 34.8 Å². The normalized spacial score (nSPS) is 21.8. The molecule has 1 aromatic heterocycles. The number of benzene rings is 2. The van der Waals surface area contributed by atoms with Crippen LogP contribution in [-0.4, -0.2) is 70.5 Å². The van der Waals surface area contributed by atoms with Crippen molar-refractivity contribution in [3.05, 3.63) is 75.7 Å². The maximum atomic E-state index is 13.2. The van der Waals surface area contributed by atoms with Gasteiger partial charge in [-0.25, -0.2) is 4.79 Å². The number of aromatic carboxylic acids is 1. The van der Waals surface area contributed by atoms with Gasteiger partial charge in [-0.2, -0.15) is 13.2 Å². The van der Waals surface area contributed by atoms with Gasteiger partial charge < -0.3 is 19.6 Å². The highest BCUT2D eigenvalue weighted by atomic mass is 32.1. The van der Waals surface area contributed by atoms with E-state index in [2.05, 4.69) is 18.8 Å². The lowest BCUT2D eigenvalue weighted by atomic mass is 9.71. The Morgan fingerprint density at radius 1 is 1.07 bits per heavy atom. The molecule has 1 unspecified atom stereocenters. The van der Waals surface area contributed by atoms with Crippen LogP contribution in [0.3, 0.4) is 0 Å². The SMILES string of the molecule is CC1(C)C[C@@H]1C(=O)N1CC2(CN(C(=O)c3cncs3)CC2COCc2cccc(-c3ccc(C(F)(F)F)cc3)c2C(=O)O)C1. The van der Waals surface area contributed by atoms with E-state index >= 15 is 0 Å². The first-order valence-electron chi connectivity index (χ1n) is 14.4. The third-order valence-corrected chi connectivity index (χ3v) is 10.1. The Morgan fingerprint density at radius 2 is 1.75 bits per heavy atom. The van der Waals surface area contributed by atoms with Crippen LogP contribution in [0.2, 0.25) is 0 Å². The summed E-state index contributed by atoms with van der Waals surface area (Å²) in [6.45, 7) is 6.36. The molecule has 0 radical (unpaired) electrons. The molecule has 3 heterocycles. The Morgan fingerprint density at radius 3 is 2.34 bits per heavy atom. The highest BCUT2D eigenvalue weighted by Crippen LogP contribution is 2.54. The molecule has 3 aromatic rings. The molecule has 0 bridgehead atoms. The molecule has 3 fully saturated rings. The number of nitrogens with zero attached hydrogens (tertiary/aromatic N) is 3. The summed E-state index contributed by atoms with van der Waals surface area (Å²) in [5.74, 6) is -1.23. The molecule has 6 rings (SSSR count). The van der Waals surface area contributed by atoms with Crippen molar-refractivity contribution >= 4 is 29.1 Å². The molecule has 44 heavy (non-hydrogen) atoms. The van der Waals surface area contributed by atoms with Crippen LogP contribution >= 0.6 is 11.3 Å². The number of alkyl halides is 3. The van der Waals surface area contributed by atoms with Crippen LogP contribution in [0.4, 0.5) is 13.2 Å². The number of carbonyl (C=O) groups excluding carboxylic acids is 2. The average Bonchev–Trinajstić information content (AvgIpc) is 3.30. The van der Waals surface area contributed by atoms with Crippen molar-refractivity contribution in [3.63, 3.8) is 0 Å². The van der Waals surface area contributed by atoms with Crippen LogP contribution in [0.5, 0.6) is 0 Å². The predicted molar refractivity (Wildman–Crippen MR) is 156 cm³/mol. The summed E-state index contributed by atoms with van der Waals surface area (Å²) in [7, 11) is 0. The van der Waals surface area contributed by atoms with Gasteiger partial charge in [0.1, 0.15) is 4.88 Å². The van der Waals surface area contributed by atoms with Gasteiger partial charge in [-0.15, -0.1) is 11.3 Å². The van der Waals surface area contributed by atoms with E-state index in [1.807, 2.05) is 4.90 Å². The fourth-order valence-corrected chi connectivity index (χ4v) is 7.18. The van der Waals surface area contributed by atoms with Gasteiger partial charge in [0.15, 0.2) is 0 Å². The Labute approximate surface area is 256 Å². The number of ether oxygens (including phenoxy) is 1. The van der Waals surface area contributed by atoms with Gasteiger partial charge in [0.05, 0.1) is 36.0 Å². The molecule has 2 aliphatic heterocycles. The first kappa shape index (κ1) is 30.3. The Hall–Kier alpha value is -3.77. The van der Waals surface area contributed by atoms with Crippen LogP contribution in [0, 0.1) is 22.7 Å². The largest absolute Gasteiger partial charge is 0.478 e. The minimum absolute atomic E-state index is 0.0168. The average molecular weight is 628 g/mol. The molecule has 2 saturated heterocycles. The zero-order chi connectivity index (χ0) is 31.4. The van der Waals surface area contributed by atoms with Crippen LogP contribution < -0.4 is 0 Å². The van der Waals surface area contributed by atoms with Crippen molar-refractivity contribution in [2.45, 2.75) is 33.1 Å². The maximum Gasteiger partial charge on any atom is 0.416 e. The van der Waals surface area contributed by atoms with Crippen molar-refractivity contribution < 1.29 is 37.4 Å². The lowest BCUT2D eigenvalue weighted by Crippen LogP contribution is -2.63. The predicted octanol–water partition coefficient (Wildman–Crippen LogP) is 5.69. The van der Waals surface area contributed by atoms with E-state index < -0.39 is 17.7 Å². The van der Waals surface area contributed by atoms with E-state index in [9.17, 15) is 32.7 Å². The summed E-state index contributed by atoms with van der Waals surface area (Å²) < 4.78 is 45.3. The first-order chi connectivity index (χ1) is 20.8. The fourth-order valence-electron chi connectivity index (χ4n) is 6.60. The number of rotatable bonds is 8. The number of hydrogen-bond acceptors (Lipinski definition) is 6. The number of hydrogen-bond donors (Lipinski definition) is 1. The number of halogens is 3. The van der Waals surface area contributed by atoms with Gasteiger partial charge in [0, 0.05) is 43.4 Å². The highest BCUT2D eigenvalue weighted by Gasteiger charge is 2.60. The molecule has 1 aliphatic carbocycles. The minimum Gasteiger partial charge on any atom is -0.478 e. The zero-order valence-electron chi connectivity index (χ0n) is 24.3. The van der Waals surface area contributed by atoms with E-state index in [4.69, 9.17) is 4.74 Å². The van der Waals surface area contributed by atoms with Crippen LogP contribution in [0.15, 0.2) is 54.2 Å². The second-order valence-electron chi connectivity index (χ2n) is 12.8. The van der Waals surface area contributed by atoms with Gasteiger partial charge in [-0.05, 0) is 40.7 Å². The molecule has 1 saturated carbocycles. The van der Waals surface area contributed by atoms with Crippen molar-refractivity contribution in [1.29, 1.82) is 0 Å². The maximum absolute atomic E-state index is 13.2. The second kappa shape index (κ2) is 11.0. The number of likely N-dealkylation sites (tertiary alicyclic amines) is 2. The monoisotopic (exact) mass is 627 g/mol.